The van der Waals surface area contributed by atoms with Crippen LogP contribution in [0.4, 0.5) is 0 Å². The van der Waals surface area contributed by atoms with E-state index in [0.29, 0.717) is 24.8 Å². The number of rotatable bonds is 9. The van der Waals surface area contributed by atoms with Gasteiger partial charge in [-0.15, -0.1) is 24.8 Å². The fourth-order valence-corrected chi connectivity index (χ4v) is 3.93. The number of carbonyl (C=O) groups excluding carboxylic acids is 1. The highest BCUT2D eigenvalue weighted by Gasteiger charge is 2.22. The van der Waals surface area contributed by atoms with E-state index in [4.69, 9.17) is 0 Å². The van der Waals surface area contributed by atoms with Gasteiger partial charge in [0.25, 0.3) is 0 Å². The Morgan fingerprint density at radius 1 is 1.24 bits per heavy atom. The predicted octanol–water partition coefficient (Wildman–Crippen LogP) is 4.00. The minimum Gasteiger partial charge on any atom is -0.349 e. The fraction of sp³-hybridized carbons (Fsp3) is 0.545. The Bertz CT molecular complexity index is 702. The van der Waals surface area contributed by atoms with Crippen molar-refractivity contribution in [2.75, 3.05) is 13.1 Å². The van der Waals surface area contributed by atoms with Gasteiger partial charge in [0, 0.05) is 25.4 Å². The van der Waals surface area contributed by atoms with Crippen LogP contribution in [-0.2, 0) is 24.3 Å². The molecule has 0 bridgehead atoms. The Morgan fingerprint density at radius 2 is 1.97 bits per heavy atom. The van der Waals surface area contributed by atoms with Crippen molar-refractivity contribution < 1.29 is 4.79 Å². The second-order valence-corrected chi connectivity index (χ2v) is 7.67. The lowest BCUT2D eigenvalue weighted by molar-refractivity contribution is -0.122. The first-order chi connectivity index (χ1) is 13.2. The van der Waals surface area contributed by atoms with E-state index < -0.39 is 0 Å². The summed E-state index contributed by atoms with van der Waals surface area (Å²) < 4.78 is 2.15. The van der Waals surface area contributed by atoms with Crippen molar-refractivity contribution >= 4 is 30.7 Å². The van der Waals surface area contributed by atoms with Gasteiger partial charge in [-0.3, -0.25) is 4.79 Å². The summed E-state index contributed by atoms with van der Waals surface area (Å²) in [7, 11) is 0. The van der Waals surface area contributed by atoms with Crippen molar-refractivity contribution in [1.82, 2.24) is 20.2 Å². The number of aromatic nitrogens is 2. The van der Waals surface area contributed by atoms with Crippen LogP contribution in [0.1, 0.15) is 44.0 Å². The van der Waals surface area contributed by atoms with Gasteiger partial charge in [-0.05, 0) is 56.2 Å². The van der Waals surface area contributed by atoms with E-state index in [1.54, 1.807) is 0 Å². The highest BCUT2D eigenvalue weighted by molar-refractivity contribution is 5.85. The van der Waals surface area contributed by atoms with Gasteiger partial charge in [0.15, 0.2) is 0 Å². The molecule has 1 saturated heterocycles. The van der Waals surface area contributed by atoms with Crippen LogP contribution < -0.4 is 10.6 Å². The first kappa shape index (κ1) is 25.5. The highest BCUT2D eigenvalue weighted by Crippen LogP contribution is 2.24. The molecule has 5 nitrogen and oxygen atoms in total. The van der Waals surface area contributed by atoms with E-state index in [-0.39, 0.29) is 30.7 Å². The van der Waals surface area contributed by atoms with Crippen LogP contribution in [0.5, 0.6) is 0 Å². The van der Waals surface area contributed by atoms with Crippen LogP contribution in [0.25, 0.3) is 0 Å². The highest BCUT2D eigenvalue weighted by atomic mass is 35.5. The lowest BCUT2D eigenvalue weighted by atomic mass is 9.84. The molecule has 29 heavy (non-hydrogen) atoms. The van der Waals surface area contributed by atoms with E-state index in [0.717, 1.165) is 38.3 Å². The van der Waals surface area contributed by atoms with E-state index in [2.05, 4.69) is 51.4 Å². The molecule has 1 unspecified atom stereocenters. The van der Waals surface area contributed by atoms with Crippen molar-refractivity contribution in [3.63, 3.8) is 0 Å². The van der Waals surface area contributed by atoms with Crippen molar-refractivity contribution in [2.24, 2.45) is 11.8 Å². The maximum Gasteiger partial charge on any atom is 0.220 e. The van der Waals surface area contributed by atoms with E-state index in [1.165, 1.54) is 18.4 Å². The van der Waals surface area contributed by atoms with Crippen LogP contribution in [0.15, 0.2) is 42.7 Å². The molecule has 1 aromatic carbocycles. The summed E-state index contributed by atoms with van der Waals surface area (Å²) in [4.78, 5) is 16.8. The molecule has 1 fully saturated rings. The third kappa shape index (κ3) is 8.37. The zero-order chi connectivity index (χ0) is 18.9. The van der Waals surface area contributed by atoms with Gasteiger partial charge in [0.2, 0.25) is 5.91 Å². The van der Waals surface area contributed by atoms with Gasteiger partial charge in [-0.25, -0.2) is 4.98 Å². The molecule has 0 aliphatic carbocycles. The van der Waals surface area contributed by atoms with Crippen LogP contribution >= 0.6 is 24.8 Å². The fourth-order valence-electron chi connectivity index (χ4n) is 3.93. The Kier molecular flexibility index (Phi) is 12.0. The minimum absolute atomic E-state index is 0. The molecule has 3 rings (SSSR count). The number of benzene rings is 1. The molecule has 1 aliphatic rings. The first-order valence-electron chi connectivity index (χ1n) is 10.2. The lowest BCUT2D eigenvalue weighted by Crippen LogP contribution is -2.33. The molecular formula is C22H34Cl2N4O. The minimum atomic E-state index is 0. The van der Waals surface area contributed by atoms with E-state index >= 15 is 0 Å². The largest absolute Gasteiger partial charge is 0.349 e. The molecule has 1 aromatic heterocycles. The van der Waals surface area contributed by atoms with Crippen LogP contribution in [0.2, 0.25) is 0 Å². The summed E-state index contributed by atoms with van der Waals surface area (Å²) in [6.07, 6.45) is 8.92. The van der Waals surface area contributed by atoms with Crippen molar-refractivity contribution in [3.8, 4) is 0 Å². The molecule has 162 valence electrons. The average Bonchev–Trinajstić information content (AvgIpc) is 3.15. The van der Waals surface area contributed by atoms with Gasteiger partial charge in [-0.1, -0.05) is 37.3 Å². The molecule has 1 aliphatic heterocycles. The second kappa shape index (κ2) is 13.6. The number of imidazole rings is 1. The second-order valence-electron chi connectivity index (χ2n) is 7.67. The zero-order valence-electron chi connectivity index (χ0n) is 17.2. The number of halogens is 2. The molecule has 7 heteroatoms. The van der Waals surface area contributed by atoms with Crippen LogP contribution in [0, 0.1) is 11.8 Å². The summed E-state index contributed by atoms with van der Waals surface area (Å²) >= 11 is 0. The van der Waals surface area contributed by atoms with E-state index in [9.17, 15) is 4.79 Å². The summed E-state index contributed by atoms with van der Waals surface area (Å²) in [6.45, 7) is 5.80. The van der Waals surface area contributed by atoms with E-state index in [1.807, 2.05) is 18.5 Å². The summed E-state index contributed by atoms with van der Waals surface area (Å²) in [5.41, 5.74) is 1.36. The molecule has 0 radical (unpaired) electrons. The standard InChI is InChI=1S/C22H32N4O.2ClH/c1-18(20-9-11-23-12-10-20)16-22(27)25-17-21-24-13-15-26(21)14-5-8-19-6-3-2-4-7-19;;/h2-4,6-7,13,15,18,20,23H,5,8-12,14,16-17H2,1H3,(H,25,27);2*1H. The van der Waals surface area contributed by atoms with Gasteiger partial charge in [0.05, 0.1) is 6.54 Å². The number of hydrogen-bond donors (Lipinski definition) is 2. The summed E-state index contributed by atoms with van der Waals surface area (Å²) in [5, 5.41) is 6.45. The molecule has 0 spiro atoms. The number of nitrogens with zero attached hydrogens (tertiary/aromatic N) is 2. The monoisotopic (exact) mass is 440 g/mol. The van der Waals surface area contributed by atoms with Crippen LogP contribution in [0.3, 0.4) is 0 Å². The molecule has 2 aromatic rings. The number of aryl methyl sites for hydroxylation is 2. The predicted molar refractivity (Wildman–Crippen MR) is 123 cm³/mol. The first-order valence-corrected chi connectivity index (χ1v) is 10.2. The molecule has 1 atom stereocenters. The topological polar surface area (TPSA) is 59.0 Å². The zero-order valence-corrected chi connectivity index (χ0v) is 18.8. The van der Waals surface area contributed by atoms with Gasteiger partial charge in [-0.2, -0.15) is 0 Å². The molecule has 0 saturated carbocycles. The van der Waals surface area contributed by atoms with Crippen LogP contribution in [-0.4, -0.2) is 28.5 Å². The quantitative estimate of drug-likeness (QED) is 0.619. The molecular weight excluding hydrogens is 407 g/mol. The maximum absolute atomic E-state index is 12.3. The molecule has 2 N–H and O–H groups in total. The number of carbonyl (C=O) groups is 1. The van der Waals surface area contributed by atoms with Crippen molar-refractivity contribution in [3.05, 3.63) is 54.1 Å². The lowest BCUT2D eigenvalue weighted by Gasteiger charge is -2.27. The molecule has 2 heterocycles. The Morgan fingerprint density at radius 3 is 2.69 bits per heavy atom. The number of amides is 1. The Balaban J connectivity index is 0.00000210. The summed E-state index contributed by atoms with van der Waals surface area (Å²) in [5.74, 6) is 2.18. The Labute approximate surface area is 186 Å². The molecule has 1 amide bonds. The third-order valence-electron chi connectivity index (χ3n) is 5.65. The average molecular weight is 441 g/mol. The van der Waals surface area contributed by atoms with Gasteiger partial charge < -0.3 is 15.2 Å². The third-order valence-corrected chi connectivity index (χ3v) is 5.65. The van der Waals surface area contributed by atoms with Gasteiger partial charge >= 0.3 is 0 Å². The van der Waals surface area contributed by atoms with Crippen molar-refractivity contribution in [1.29, 1.82) is 0 Å². The smallest absolute Gasteiger partial charge is 0.220 e. The number of piperidine rings is 1. The normalized spacial score (nSPS) is 15.1. The van der Waals surface area contributed by atoms with Gasteiger partial charge in [0.1, 0.15) is 5.82 Å². The number of hydrogen-bond acceptors (Lipinski definition) is 3. The Hall–Kier alpha value is -1.56. The number of nitrogens with one attached hydrogen (secondary N) is 2. The SMILES string of the molecule is CC(CC(=O)NCc1nccn1CCCc1ccccc1)C1CCNCC1.Cl.Cl. The van der Waals surface area contributed by atoms with Crippen molar-refractivity contribution in [2.45, 2.75) is 52.1 Å². The summed E-state index contributed by atoms with van der Waals surface area (Å²) in [6, 6.07) is 10.5. The maximum atomic E-state index is 12.3.